The molecule has 0 aliphatic carbocycles. The van der Waals surface area contributed by atoms with Crippen LogP contribution in [-0.4, -0.2) is 37.1 Å². The number of methoxy groups -OCH3 is 1. The number of carbonyl (C=O) groups is 2. The van der Waals surface area contributed by atoms with Crippen LogP contribution in [0, 0.1) is 13.8 Å². The molecule has 0 radical (unpaired) electrons. The molecule has 2 N–H and O–H groups in total. The maximum absolute atomic E-state index is 12.5. The van der Waals surface area contributed by atoms with Gasteiger partial charge in [0.15, 0.2) is 0 Å². The van der Waals surface area contributed by atoms with Crippen LogP contribution in [-0.2, 0) is 4.74 Å². The summed E-state index contributed by atoms with van der Waals surface area (Å²) in [5, 5.41) is 5.64. The second-order valence-corrected chi connectivity index (χ2v) is 5.77. The highest BCUT2D eigenvalue weighted by Crippen LogP contribution is 2.19. The first-order chi connectivity index (χ1) is 12.0. The quantitative estimate of drug-likeness (QED) is 0.759. The van der Waals surface area contributed by atoms with Crippen molar-refractivity contribution in [1.29, 1.82) is 0 Å². The Hall–Kier alpha value is -2.73. The van der Waals surface area contributed by atoms with Crippen molar-refractivity contribution in [2.75, 3.05) is 25.6 Å². The second-order valence-electron chi connectivity index (χ2n) is 5.77. The topological polar surface area (TPSA) is 80.3 Å². The maximum atomic E-state index is 12.5. The molecule has 2 aromatic rings. The van der Waals surface area contributed by atoms with Crippen LogP contribution in [0.15, 0.2) is 36.7 Å². The van der Waals surface area contributed by atoms with Gasteiger partial charge < -0.3 is 15.4 Å². The summed E-state index contributed by atoms with van der Waals surface area (Å²) in [5.41, 5.74) is 3.55. The molecule has 2 rings (SSSR count). The maximum Gasteiger partial charge on any atom is 0.257 e. The molecule has 0 aliphatic heterocycles. The Labute approximate surface area is 147 Å². The molecule has 6 heteroatoms. The Kier molecular flexibility index (Phi) is 6.65. The number of anilines is 1. The number of aromatic nitrogens is 1. The van der Waals surface area contributed by atoms with Crippen LogP contribution in [0.2, 0.25) is 0 Å². The van der Waals surface area contributed by atoms with Crippen LogP contribution in [0.1, 0.15) is 38.3 Å². The third-order valence-corrected chi connectivity index (χ3v) is 3.93. The Morgan fingerprint density at radius 3 is 2.56 bits per heavy atom. The van der Waals surface area contributed by atoms with E-state index in [0.717, 1.165) is 23.2 Å². The number of amides is 2. The van der Waals surface area contributed by atoms with E-state index in [1.807, 2.05) is 32.0 Å². The Balaban J connectivity index is 2.06. The van der Waals surface area contributed by atoms with Crippen LogP contribution in [0.25, 0.3) is 0 Å². The van der Waals surface area contributed by atoms with E-state index in [0.29, 0.717) is 24.3 Å². The first-order valence-electron chi connectivity index (χ1n) is 8.12. The number of benzene rings is 1. The fraction of sp³-hybridized carbons (Fsp3) is 0.316. The third-order valence-electron chi connectivity index (χ3n) is 3.93. The minimum Gasteiger partial charge on any atom is -0.385 e. The number of nitrogens with one attached hydrogen (secondary N) is 2. The highest BCUT2D eigenvalue weighted by molar-refractivity contribution is 6.06. The number of hydrogen-bond acceptors (Lipinski definition) is 4. The average molecular weight is 341 g/mol. The van der Waals surface area contributed by atoms with Gasteiger partial charge in [0.05, 0.1) is 11.1 Å². The van der Waals surface area contributed by atoms with Crippen molar-refractivity contribution in [2.45, 2.75) is 20.3 Å². The number of ether oxygens (including phenoxy) is 1. The minimum absolute atomic E-state index is 0.259. The summed E-state index contributed by atoms with van der Waals surface area (Å²) in [6.45, 7) is 5.02. The lowest BCUT2D eigenvalue weighted by Crippen LogP contribution is -2.25. The van der Waals surface area contributed by atoms with E-state index in [-0.39, 0.29) is 11.8 Å². The van der Waals surface area contributed by atoms with E-state index in [1.165, 1.54) is 12.4 Å². The minimum atomic E-state index is -0.296. The van der Waals surface area contributed by atoms with Crippen LogP contribution in [0.5, 0.6) is 0 Å². The summed E-state index contributed by atoms with van der Waals surface area (Å²) in [4.78, 5) is 28.6. The zero-order valence-corrected chi connectivity index (χ0v) is 14.8. The Morgan fingerprint density at radius 1 is 1.12 bits per heavy atom. The molecule has 0 spiro atoms. The van der Waals surface area contributed by atoms with Crippen LogP contribution in [0.3, 0.4) is 0 Å². The zero-order chi connectivity index (χ0) is 18.2. The molecule has 25 heavy (non-hydrogen) atoms. The van der Waals surface area contributed by atoms with Crippen LogP contribution >= 0.6 is 0 Å². The predicted octanol–water partition coefficient (Wildman–Crippen LogP) is 2.72. The molecule has 0 fully saturated rings. The molecule has 0 unspecified atom stereocenters. The van der Waals surface area contributed by atoms with Crippen molar-refractivity contribution in [3.63, 3.8) is 0 Å². The number of rotatable bonds is 7. The molecule has 1 aromatic carbocycles. The number of pyridine rings is 1. The normalized spacial score (nSPS) is 10.4. The van der Waals surface area contributed by atoms with Gasteiger partial charge in [0.25, 0.3) is 11.8 Å². The van der Waals surface area contributed by atoms with Gasteiger partial charge in [-0.25, -0.2) is 0 Å². The van der Waals surface area contributed by atoms with Crippen LogP contribution in [0.4, 0.5) is 5.69 Å². The van der Waals surface area contributed by atoms with Crippen LogP contribution < -0.4 is 10.6 Å². The summed E-state index contributed by atoms with van der Waals surface area (Å²) < 4.78 is 4.94. The van der Waals surface area contributed by atoms with Gasteiger partial charge in [-0.2, -0.15) is 0 Å². The van der Waals surface area contributed by atoms with Crippen molar-refractivity contribution < 1.29 is 14.3 Å². The molecular formula is C19H23N3O3. The smallest absolute Gasteiger partial charge is 0.257 e. The number of carbonyl (C=O) groups excluding carboxylic acids is 2. The Bertz CT molecular complexity index is 759. The first kappa shape index (κ1) is 18.6. The number of hydrogen-bond donors (Lipinski definition) is 2. The zero-order valence-electron chi connectivity index (χ0n) is 14.8. The first-order valence-corrected chi connectivity index (χ1v) is 8.12. The van der Waals surface area contributed by atoms with Crippen molar-refractivity contribution in [2.24, 2.45) is 0 Å². The molecule has 0 atom stereocenters. The van der Waals surface area contributed by atoms with E-state index in [2.05, 4.69) is 15.6 Å². The fourth-order valence-electron chi connectivity index (χ4n) is 2.29. The second kappa shape index (κ2) is 8.94. The van der Waals surface area contributed by atoms with E-state index >= 15 is 0 Å². The number of nitrogens with zero attached hydrogens (tertiary/aromatic N) is 1. The SMILES string of the molecule is COCCCNC(=O)c1cncc(C(=O)Nc2cccc(C)c2C)c1. The summed E-state index contributed by atoms with van der Waals surface area (Å²) in [5.74, 6) is -0.555. The van der Waals surface area contributed by atoms with Gasteiger partial charge in [0.2, 0.25) is 0 Å². The standard InChI is InChI=1S/C19H23N3O3/c1-13-6-4-7-17(14(13)2)22-19(24)16-10-15(11-20-12-16)18(23)21-8-5-9-25-3/h4,6-7,10-12H,5,8-9H2,1-3H3,(H,21,23)(H,22,24). The Morgan fingerprint density at radius 2 is 1.84 bits per heavy atom. The average Bonchev–Trinajstić information content (AvgIpc) is 2.62. The molecule has 0 saturated carbocycles. The van der Waals surface area contributed by atoms with Gasteiger partial charge in [0, 0.05) is 38.3 Å². The molecule has 0 aliphatic rings. The highest BCUT2D eigenvalue weighted by Gasteiger charge is 2.12. The van der Waals surface area contributed by atoms with Crippen molar-refractivity contribution in [3.05, 3.63) is 58.9 Å². The third kappa shape index (κ3) is 5.12. The van der Waals surface area contributed by atoms with Crippen molar-refractivity contribution >= 4 is 17.5 Å². The van der Waals surface area contributed by atoms with E-state index < -0.39 is 0 Å². The van der Waals surface area contributed by atoms with Crippen molar-refractivity contribution in [1.82, 2.24) is 10.3 Å². The summed E-state index contributed by atoms with van der Waals surface area (Å²) in [7, 11) is 1.61. The van der Waals surface area contributed by atoms with Gasteiger partial charge in [-0.1, -0.05) is 12.1 Å². The summed E-state index contributed by atoms with van der Waals surface area (Å²) in [6.07, 6.45) is 3.62. The summed E-state index contributed by atoms with van der Waals surface area (Å²) >= 11 is 0. The largest absolute Gasteiger partial charge is 0.385 e. The van der Waals surface area contributed by atoms with Gasteiger partial charge >= 0.3 is 0 Å². The molecule has 6 nitrogen and oxygen atoms in total. The van der Waals surface area contributed by atoms with Gasteiger partial charge in [0.1, 0.15) is 0 Å². The molecule has 1 aromatic heterocycles. The van der Waals surface area contributed by atoms with Gasteiger partial charge in [-0.05, 0) is 43.5 Å². The summed E-state index contributed by atoms with van der Waals surface area (Å²) in [6, 6.07) is 7.26. The molecule has 2 amide bonds. The monoisotopic (exact) mass is 341 g/mol. The van der Waals surface area contributed by atoms with E-state index in [9.17, 15) is 9.59 Å². The number of aryl methyl sites for hydroxylation is 1. The van der Waals surface area contributed by atoms with E-state index in [1.54, 1.807) is 13.2 Å². The highest BCUT2D eigenvalue weighted by atomic mass is 16.5. The fourth-order valence-corrected chi connectivity index (χ4v) is 2.29. The lowest BCUT2D eigenvalue weighted by atomic mass is 10.1. The van der Waals surface area contributed by atoms with Gasteiger partial charge in [-0.15, -0.1) is 0 Å². The van der Waals surface area contributed by atoms with Gasteiger partial charge in [-0.3, -0.25) is 14.6 Å². The molecule has 0 saturated heterocycles. The predicted molar refractivity (Wildman–Crippen MR) is 96.9 cm³/mol. The molecular weight excluding hydrogens is 318 g/mol. The van der Waals surface area contributed by atoms with E-state index in [4.69, 9.17) is 4.74 Å². The van der Waals surface area contributed by atoms with Crippen molar-refractivity contribution in [3.8, 4) is 0 Å². The molecule has 1 heterocycles. The molecule has 0 bridgehead atoms. The molecule has 132 valence electrons. The lowest BCUT2D eigenvalue weighted by molar-refractivity contribution is 0.0948. The lowest BCUT2D eigenvalue weighted by Gasteiger charge is -2.11.